The Labute approximate surface area is 76.2 Å². The molecule has 0 saturated heterocycles. The van der Waals surface area contributed by atoms with Gasteiger partial charge in [0.25, 0.3) is 0 Å². The molecule has 1 aromatic heterocycles. The zero-order chi connectivity index (χ0) is 9.26. The van der Waals surface area contributed by atoms with Crippen molar-refractivity contribution in [2.45, 2.75) is 6.92 Å². The Morgan fingerprint density at radius 3 is 2.77 bits per heavy atom. The fraction of sp³-hybridized carbons (Fsp3) is 0.100. The summed E-state index contributed by atoms with van der Waals surface area (Å²) in [6.07, 6.45) is 0. The van der Waals surface area contributed by atoms with Gasteiger partial charge in [-0.25, -0.2) is 0 Å². The van der Waals surface area contributed by atoms with Gasteiger partial charge in [0.1, 0.15) is 0 Å². The van der Waals surface area contributed by atoms with E-state index >= 15 is 0 Å². The minimum atomic E-state index is 0.413. The maximum absolute atomic E-state index is 5.45. The van der Waals surface area contributed by atoms with Crippen LogP contribution >= 0.6 is 0 Å². The van der Waals surface area contributed by atoms with Crippen molar-refractivity contribution >= 4 is 5.82 Å². The second-order valence-electron chi connectivity index (χ2n) is 2.99. The maximum atomic E-state index is 5.45. The highest BCUT2D eigenvalue weighted by Crippen LogP contribution is 2.21. The van der Waals surface area contributed by atoms with Gasteiger partial charge in [0.2, 0.25) is 0 Å². The van der Waals surface area contributed by atoms with Gasteiger partial charge in [-0.15, -0.1) is 0 Å². The molecule has 0 aliphatic rings. The van der Waals surface area contributed by atoms with Gasteiger partial charge in [-0.2, -0.15) is 0 Å². The molecule has 1 heterocycles. The summed E-state index contributed by atoms with van der Waals surface area (Å²) in [4.78, 5) is 0. The van der Waals surface area contributed by atoms with E-state index in [9.17, 15) is 0 Å². The van der Waals surface area contributed by atoms with E-state index in [0.717, 1.165) is 5.56 Å². The molecule has 3 nitrogen and oxygen atoms in total. The monoisotopic (exact) mass is 174 g/mol. The minimum absolute atomic E-state index is 0.413. The largest absolute Gasteiger partial charge is 0.381 e. The van der Waals surface area contributed by atoms with E-state index in [-0.39, 0.29) is 0 Å². The van der Waals surface area contributed by atoms with E-state index in [0.29, 0.717) is 11.6 Å². The van der Waals surface area contributed by atoms with Crippen LogP contribution in [-0.2, 0) is 0 Å². The van der Waals surface area contributed by atoms with Crippen LogP contribution in [0.5, 0.6) is 0 Å². The second-order valence-corrected chi connectivity index (χ2v) is 2.99. The average molecular weight is 174 g/mol. The first-order valence-electron chi connectivity index (χ1n) is 4.05. The Hall–Kier alpha value is -1.77. The van der Waals surface area contributed by atoms with Crippen LogP contribution in [0.4, 0.5) is 5.82 Å². The summed E-state index contributed by atoms with van der Waals surface area (Å²) in [7, 11) is 0. The van der Waals surface area contributed by atoms with Gasteiger partial charge in [-0.05, 0) is 13.0 Å². The summed E-state index contributed by atoms with van der Waals surface area (Å²) in [6, 6.07) is 9.72. The highest BCUT2D eigenvalue weighted by atomic mass is 16.5. The van der Waals surface area contributed by atoms with Crippen LogP contribution in [0.25, 0.3) is 11.3 Å². The first kappa shape index (κ1) is 7.86. The number of anilines is 1. The number of benzene rings is 1. The first-order chi connectivity index (χ1) is 6.25. The quantitative estimate of drug-likeness (QED) is 0.721. The third kappa shape index (κ3) is 1.54. The van der Waals surface area contributed by atoms with E-state index in [1.807, 2.05) is 31.2 Å². The van der Waals surface area contributed by atoms with E-state index in [2.05, 4.69) is 5.16 Å². The maximum Gasteiger partial charge on any atom is 0.169 e. The third-order valence-electron chi connectivity index (χ3n) is 1.83. The molecule has 0 unspecified atom stereocenters. The Balaban J connectivity index is 2.46. The Morgan fingerprint density at radius 1 is 1.31 bits per heavy atom. The molecule has 0 saturated carbocycles. The number of rotatable bonds is 1. The molecule has 0 fully saturated rings. The van der Waals surface area contributed by atoms with Crippen molar-refractivity contribution in [1.82, 2.24) is 5.16 Å². The van der Waals surface area contributed by atoms with Gasteiger partial charge in [-0.3, -0.25) is 0 Å². The summed E-state index contributed by atoms with van der Waals surface area (Å²) >= 11 is 0. The second kappa shape index (κ2) is 2.94. The van der Waals surface area contributed by atoms with Crippen molar-refractivity contribution in [1.29, 1.82) is 0 Å². The molecule has 0 bridgehead atoms. The predicted octanol–water partition coefficient (Wildman–Crippen LogP) is 2.23. The molecule has 2 rings (SSSR count). The number of nitrogen functional groups attached to an aromatic ring is 1. The highest BCUT2D eigenvalue weighted by Gasteiger charge is 2.03. The molecule has 2 aromatic rings. The molecule has 0 aliphatic carbocycles. The normalized spacial score (nSPS) is 10.2. The zero-order valence-corrected chi connectivity index (χ0v) is 7.32. The van der Waals surface area contributed by atoms with Crippen molar-refractivity contribution in [3.8, 4) is 11.3 Å². The van der Waals surface area contributed by atoms with Gasteiger partial charge in [-0.1, -0.05) is 28.9 Å². The van der Waals surface area contributed by atoms with Gasteiger partial charge in [0.05, 0.1) is 0 Å². The Kier molecular flexibility index (Phi) is 1.77. The van der Waals surface area contributed by atoms with Crippen LogP contribution in [0.15, 0.2) is 34.9 Å². The Bertz CT molecular complexity index is 420. The standard InChI is InChI=1S/C10H10N2O/c1-7-3-2-4-8(5-7)9-6-10(11)12-13-9/h2-6H,1H3,(H2,11,12). The van der Waals surface area contributed by atoms with E-state index < -0.39 is 0 Å². The van der Waals surface area contributed by atoms with Crippen molar-refractivity contribution < 1.29 is 4.52 Å². The van der Waals surface area contributed by atoms with Crippen LogP contribution in [0.3, 0.4) is 0 Å². The van der Waals surface area contributed by atoms with Gasteiger partial charge >= 0.3 is 0 Å². The van der Waals surface area contributed by atoms with Crippen molar-refractivity contribution in [3.63, 3.8) is 0 Å². The van der Waals surface area contributed by atoms with Crippen LogP contribution in [0, 0.1) is 6.92 Å². The molecule has 1 aromatic carbocycles. The summed E-state index contributed by atoms with van der Waals surface area (Å²) in [5.41, 5.74) is 7.64. The molecule has 0 amide bonds. The smallest absolute Gasteiger partial charge is 0.169 e. The molecular formula is C10H10N2O. The summed E-state index contributed by atoms with van der Waals surface area (Å²) in [5, 5.41) is 3.63. The highest BCUT2D eigenvalue weighted by molar-refractivity contribution is 5.60. The molecular weight excluding hydrogens is 164 g/mol. The molecule has 3 heteroatoms. The lowest BCUT2D eigenvalue weighted by Gasteiger charge is -1.95. The molecule has 13 heavy (non-hydrogen) atoms. The van der Waals surface area contributed by atoms with Crippen molar-refractivity contribution in [2.24, 2.45) is 0 Å². The third-order valence-corrected chi connectivity index (χ3v) is 1.83. The van der Waals surface area contributed by atoms with E-state index in [1.165, 1.54) is 5.56 Å². The fourth-order valence-corrected chi connectivity index (χ4v) is 1.22. The molecule has 0 radical (unpaired) electrons. The predicted molar refractivity (Wildman–Crippen MR) is 51.1 cm³/mol. The van der Waals surface area contributed by atoms with Crippen molar-refractivity contribution in [3.05, 3.63) is 35.9 Å². The first-order valence-corrected chi connectivity index (χ1v) is 4.05. The molecule has 0 spiro atoms. The number of hydrogen-bond donors (Lipinski definition) is 1. The van der Waals surface area contributed by atoms with E-state index in [4.69, 9.17) is 10.3 Å². The van der Waals surface area contributed by atoms with Crippen LogP contribution in [0.1, 0.15) is 5.56 Å². The lowest BCUT2D eigenvalue weighted by molar-refractivity contribution is 0.436. The fourth-order valence-electron chi connectivity index (χ4n) is 1.22. The lowest BCUT2D eigenvalue weighted by atomic mass is 10.1. The number of nitrogens with zero attached hydrogens (tertiary/aromatic N) is 1. The molecule has 66 valence electrons. The molecule has 2 N–H and O–H groups in total. The van der Waals surface area contributed by atoms with Gasteiger partial charge in [0, 0.05) is 11.6 Å². The van der Waals surface area contributed by atoms with Crippen molar-refractivity contribution in [2.75, 3.05) is 5.73 Å². The van der Waals surface area contributed by atoms with Gasteiger partial charge < -0.3 is 10.3 Å². The summed E-state index contributed by atoms with van der Waals surface area (Å²) in [5.74, 6) is 1.12. The van der Waals surface area contributed by atoms with Gasteiger partial charge in [0.15, 0.2) is 11.6 Å². The number of aromatic nitrogens is 1. The minimum Gasteiger partial charge on any atom is -0.381 e. The average Bonchev–Trinajstić information content (AvgIpc) is 2.52. The van der Waals surface area contributed by atoms with Crippen LogP contribution in [0.2, 0.25) is 0 Å². The topological polar surface area (TPSA) is 52.0 Å². The summed E-state index contributed by atoms with van der Waals surface area (Å²) < 4.78 is 5.03. The van der Waals surface area contributed by atoms with E-state index in [1.54, 1.807) is 6.07 Å². The number of hydrogen-bond acceptors (Lipinski definition) is 3. The van der Waals surface area contributed by atoms with Crippen LogP contribution in [-0.4, -0.2) is 5.16 Å². The number of nitrogens with two attached hydrogens (primary N) is 1. The Morgan fingerprint density at radius 2 is 2.15 bits per heavy atom. The summed E-state index contributed by atoms with van der Waals surface area (Å²) in [6.45, 7) is 2.03. The lowest BCUT2D eigenvalue weighted by Crippen LogP contribution is -1.80. The SMILES string of the molecule is Cc1cccc(-c2cc(N)no2)c1. The number of aryl methyl sites for hydroxylation is 1. The molecule has 0 atom stereocenters. The van der Waals surface area contributed by atoms with Crippen LogP contribution < -0.4 is 5.73 Å². The molecule has 0 aliphatic heterocycles. The zero-order valence-electron chi connectivity index (χ0n) is 7.32.